The molecule has 3 aromatic rings. The minimum atomic E-state index is -3.75. The lowest BCUT2D eigenvalue weighted by atomic mass is 10.1. The quantitative estimate of drug-likeness (QED) is 0.373. The molecule has 0 saturated heterocycles. The molecule has 0 atom stereocenters. The maximum absolute atomic E-state index is 12.9. The number of carbonyl (C=O) groups excluding carboxylic acids is 1. The van der Waals surface area contributed by atoms with Gasteiger partial charge in [-0.3, -0.25) is 14.9 Å². The summed E-state index contributed by atoms with van der Waals surface area (Å²) >= 11 is 0. The first kappa shape index (κ1) is 23.9. The Labute approximate surface area is 191 Å². The van der Waals surface area contributed by atoms with Gasteiger partial charge in [0.25, 0.3) is 11.6 Å². The number of nitro groups is 1. The van der Waals surface area contributed by atoms with E-state index in [-0.39, 0.29) is 28.4 Å². The molecular formula is C23H23N3O6S. The zero-order chi connectivity index (χ0) is 24.0. The van der Waals surface area contributed by atoms with Crippen LogP contribution in [-0.2, 0) is 16.6 Å². The van der Waals surface area contributed by atoms with Crippen LogP contribution in [0.15, 0.2) is 77.7 Å². The van der Waals surface area contributed by atoms with Crippen LogP contribution >= 0.6 is 0 Å². The molecule has 1 N–H and O–H groups in total. The van der Waals surface area contributed by atoms with Gasteiger partial charge in [0.05, 0.1) is 16.4 Å². The van der Waals surface area contributed by atoms with Gasteiger partial charge in [0.2, 0.25) is 10.0 Å². The number of anilines is 1. The molecule has 0 aliphatic heterocycles. The molecule has 0 saturated carbocycles. The summed E-state index contributed by atoms with van der Waals surface area (Å²) in [7, 11) is -2.30. The lowest BCUT2D eigenvalue weighted by Gasteiger charge is -2.20. The average molecular weight is 470 g/mol. The van der Waals surface area contributed by atoms with Gasteiger partial charge in [-0.05, 0) is 43.3 Å². The first-order chi connectivity index (χ1) is 15.7. The zero-order valence-electron chi connectivity index (χ0n) is 18.1. The number of carbonyl (C=O) groups is 1. The topological polar surface area (TPSA) is 119 Å². The average Bonchev–Trinajstić information content (AvgIpc) is 2.81. The van der Waals surface area contributed by atoms with Crippen molar-refractivity contribution in [1.82, 2.24) is 4.31 Å². The molecule has 0 aliphatic carbocycles. The number of nitrogens with one attached hydrogen (secondary N) is 1. The number of hydrogen-bond acceptors (Lipinski definition) is 6. The van der Waals surface area contributed by atoms with Crippen molar-refractivity contribution in [3.63, 3.8) is 0 Å². The van der Waals surface area contributed by atoms with Crippen LogP contribution in [0.1, 0.15) is 22.8 Å². The van der Waals surface area contributed by atoms with E-state index in [4.69, 9.17) is 4.74 Å². The molecule has 0 aromatic heterocycles. The largest absolute Gasteiger partial charge is 0.494 e. The molecule has 0 spiro atoms. The molecule has 3 aromatic carbocycles. The molecule has 0 unspecified atom stereocenters. The Kier molecular flexibility index (Phi) is 7.41. The van der Waals surface area contributed by atoms with E-state index < -0.39 is 20.9 Å². The van der Waals surface area contributed by atoms with Crippen LogP contribution in [0.2, 0.25) is 0 Å². The maximum Gasteiger partial charge on any atom is 0.271 e. The summed E-state index contributed by atoms with van der Waals surface area (Å²) in [6.07, 6.45) is 0. The van der Waals surface area contributed by atoms with Gasteiger partial charge in [-0.25, -0.2) is 8.42 Å². The van der Waals surface area contributed by atoms with Gasteiger partial charge in [-0.2, -0.15) is 4.31 Å². The molecule has 1 amide bonds. The van der Waals surface area contributed by atoms with Gasteiger partial charge in [-0.1, -0.05) is 24.3 Å². The Hall–Kier alpha value is -3.76. The van der Waals surface area contributed by atoms with Crippen molar-refractivity contribution in [2.75, 3.05) is 19.0 Å². The lowest BCUT2D eigenvalue weighted by Crippen LogP contribution is -2.27. The van der Waals surface area contributed by atoms with Gasteiger partial charge in [0, 0.05) is 42.5 Å². The summed E-state index contributed by atoms with van der Waals surface area (Å²) in [4.78, 5) is 23.3. The highest BCUT2D eigenvalue weighted by Crippen LogP contribution is 2.25. The number of rotatable bonds is 9. The number of ether oxygens (including phenoxy) is 1. The van der Waals surface area contributed by atoms with Crippen LogP contribution in [-0.4, -0.2) is 37.2 Å². The summed E-state index contributed by atoms with van der Waals surface area (Å²) in [5, 5.41) is 13.6. The molecule has 0 heterocycles. The molecule has 0 aliphatic rings. The molecule has 33 heavy (non-hydrogen) atoms. The summed E-state index contributed by atoms with van der Waals surface area (Å²) in [5.41, 5.74) is 0.886. The van der Waals surface area contributed by atoms with Gasteiger partial charge in [-0.15, -0.1) is 0 Å². The van der Waals surface area contributed by atoms with E-state index in [1.807, 2.05) is 0 Å². The van der Waals surface area contributed by atoms with Gasteiger partial charge < -0.3 is 10.1 Å². The standard InChI is InChI=1S/C23H23N3O6S/c1-3-32-22-13-12-17(23(27)24-19-8-7-9-20(15-19)26(28)29)14-18(22)16-25(2)33(30,31)21-10-5-4-6-11-21/h4-15H,3,16H2,1-2H3,(H,24,27). The third kappa shape index (κ3) is 5.73. The molecule has 0 bridgehead atoms. The highest BCUT2D eigenvalue weighted by Gasteiger charge is 2.22. The Balaban J connectivity index is 1.87. The molecule has 0 radical (unpaired) electrons. The summed E-state index contributed by atoms with van der Waals surface area (Å²) in [5.74, 6) is -0.0344. The summed E-state index contributed by atoms with van der Waals surface area (Å²) in [6.45, 7) is 2.14. The van der Waals surface area contributed by atoms with E-state index in [0.29, 0.717) is 17.9 Å². The molecule has 3 rings (SSSR count). The molecule has 9 nitrogen and oxygen atoms in total. The highest BCUT2D eigenvalue weighted by molar-refractivity contribution is 7.89. The van der Waals surface area contributed by atoms with Crippen molar-refractivity contribution in [3.05, 3.63) is 94.0 Å². The Morgan fingerprint density at radius 2 is 1.79 bits per heavy atom. The van der Waals surface area contributed by atoms with Crippen LogP contribution in [0.25, 0.3) is 0 Å². The highest BCUT2D eigenvalue weighted by atomic mass is 32.2. The predicted molar refractivity (Wildman–Crippen MR) is 124 cm³/mol. The van der Waals surface area contributed by atoms with E-state index in [2.05, 4.69) is 5.32 Å². The van der Waals surface area contributed by atoms with Crippen LogP contribution in [0.5, 0.6) is 5.75 Å². The van der Waals surface area contributed by atoms with E-state index in [9.17, 15) is 23.3 Å². The number of sulfonamides is 1. The third-order valence-corrected chi connectivity index (χ3v) is 6.60. The first-order valence-electron chi connectivity index (χ1n) is 10.0. The van der Waals surface area contributed by atoms with Crippen molar-refractivity contribution in [3.8, 4) is 5.75 Å². The number of nitrogens with zero attached hydrogens (tertiary/aromatic N) is 2. The maximum atomic E-state index is 12.9. The fourth-order valence-corrected chi connectivity index (χ4v) is 4.31. The second-order valence-electron chi connectivity index (χ2n) is 7.09. The molecule has 172 valence electrons. The van der Waals surface area contributed by atoms with Gasteiger partial charge in [0.1, 0.15) is 5.75 Å². The Morgan fingerprint density at radius 1 is 1.06 bits per heavy atom. The van der Waals surface area contributed by atoms with Crippen molar-refractivity contribution < 1.29 is 22.9 Å². The lowest BCUT2D eigenvalue weighted by molar-refractivity contribution is -0.384. The zero-order valence-corrected chi connectivity index (χ0v) is 18.9. The minimum Gasteiger partial charge on any atom is -0.494 e. The van der Waals surface area contributed by atoms with Crippen molar-refractivity contribution >= 4 is 27.3 Å². The smallest absolute Gasteiger partial charge is 0.271 e. The van der Waals surface area contributed by atoms with E-state index >= 15 is 0 Å². The van der Waals surface area contributed by atoms with Crippen molar-refractivity contribution in [1.29, 1.82) is 0 Å². The second kappa shape index (κ2) is 10.2. The third-order valence-electron chi connectivity index (χ3n) is 4.78. The van der Waals surface area contributed by atoms with Gasteiger partial charge in [0.15, 0.2) is 0 Å². The van der Waals surface area contributed by atoms with Crippen molar-refractivity contribution in [2.24, 2.45) is 0 Å². The van der Waals surface area contributed by atoms with Crippen LogP contribution < -0.4 is 10.1 Å². The fraction of sp³-hybridized carbons (Fsp3) is 0.174. The number of amides is 1. The van der Waals surface area contributed by atoms with Crippen LogP contribution in [0.3, 0.4) is 0 Å². The van der Waals surface area contributed by atoms with Gasteiger partial charge >= 0.3 is 0 Å². The Bertz CT molecular complexity index is 1260. The monoisotopic (exact) mass is 469 g/mol. The number of benzene rings is 3. The van der Waals surface area contributed by atoms with E-state index in [0.717, 1.165) is 0 Å². The molecular weight excluding hydrogens is 446 g/mol. The fourth-order valence-electron chi connectivity index (χ4n) is 3.14. The SMILES string of the molecule is CCOc1ccc(C(=O)Nc2cccc([N+](=O)[O-])c2)cc1CN(C)S(=O)(=O)c1ccccc1. The van der Waals surface area contributed by atoms with E-state index in [1.165, 1.54) is 41.7 Å². The molecule has 0 fully saturated rings. The number of non-ortho nitro benzene ring substituents is 1. The minimum absolute atomic E-state index is 0.0233. The number of hydrogen-bond donors (Lipinski definition) is 1. The normalized spacial score (nSPS) is 11.2. The predicted octanol–water partition coefficient (Wildman–Crippen LogP) is 4.07. The van der Waals surface area contributed by atoms with E-state index in [1.54, 1.807) is 49.4 Å². The summed E-state index contributed by atoms with van der Waals surface area (Å²) in [6, 6.07) is 18.3. The first-order valence-corrected chi connectivity index (χ1v) is 11.5. The van der Waals surface area contributed by atoms with Crippen LogP contribution in [0.4, 0.5) is 11.4 Å². The summed E-state index contributed by atoms with van der Waals surface area (Å²) < 4.78 is 32.6. The number of nitro benzene ring substituents is 1. The van der Waals surface area contributed by atoms with Crippen molar-refractivity contribution in [2.45, 2.75) is 18.4 Å². The second-order valence-corrected chi connectivity index (χ2v) is 9.14. The van der Waals surface area contributed by atoms with Crippen LogP contribution in [0, 0.1) is 10.1 Å². The molecule has 10 heteroatoms. The Morgan fingerprint density at radius 3 is 2.45 bits per heavy atom.